The highest BCUT2D eigenvalue weighted by molar-refractivity contribution is 5.92. The van der Waals surface area contributed by atoms with Gasteiger partial charge in [-0.05, 0) is 39.8 Å². The third kappa shape index (κ3) is 5.14. The number of carbonyl (C=O) groups is 1. The third-order valence-corrected chi connectivity index (χ3v) is 2.01. The van der Waals surface area contributed by atoms with E-state index in [0.717, 1.165) is 0 Å². The van der Waals surface area contributed by atoms with Crippen LogP contribution in [0.25, 0.3) is 0 Å². The van der Waals surface area contributed by atoms with Gasteiger partial charge in [0.25, 0.3) is 0 Å². The van der Waals surface area contributed by atoms with Crippen LogP contribution in [0.4, 0.5) is 5.69 Å². The van der Waals surface area contributed by atoms with Crippen LogP contribution in [0, 0.1) is 0 Å². The molecule has 0 spiro atoms. The molecule has 5 nitrogen and oxygen atoms in total. The van der Waals surface area contributed by atoms with Gasteiger partial charge in [-0.1, -0.05) is 0 Å². The predicted octanol–water partition coefficient (Wildman–Crippen LogP) is 1.93. The summed E-state index contributed by atoms with van der Waals surface area (Å²) >= 11 is 0. The number of rotatable bonds is 5. The Kier molecular flexibility index (Phi) is 4.67. The molecule has 1 aromatic rings. The molecular formula is C13H21N3O2. The van der Waals surface area contributed by atoms with Crippen LogP contribution in [0.3, 0.4) is 0 Å². The molecule has 1 amide bonds. The van der Waals surface area contributed by atoms with E-state index in [1.807, 2.05) is 13.8 Å². The van der Waals surface area contributed by atoms with Crippen LogP contribution < -0.4 is 15.8 Å². The second-order valence-corrected chi connectivity index (χ2v) is 5.24. The molecule has 0 unspecified atom stereocenters. The number of nitrogens with two attached hydrogens (primary N) is 1. The number of ether oxygens (including phenoxy) is 1. The molecule has 1 aromatic heterocycles. The van der Waals surface area contributed by atoms with Gasteiger partial charge in [0.2, 0.25) is 11.8 Å². The summed E-state index contributed by atoms with van der Waals surface area (Å²) in [6, 6.07) is 3.50. The minimum absolute atomic E-state index is 0.00139. The zero-order valence-electron chi connectivity index (χ0n) is 11.4. The summed E-state index contributed by atoms with van der Waals surface area (Å²) in [5, 5.41) is 2.77. The van der Waals surface area contributed by atoms with Crippen molar-refractivity contribution in [1.29, 1.82) is 0 Å². The maximum Gasteiger partial charge on any atom is 0.238 e. The molecule has 0 aromatic carbocycles. The Bertz CT molecular complexity index is 411. The molecule has 0 aliphatic rings. The Hall–Kier alpha value is -1.62. The Morgan fingerprint density at radius 1 is 1.56 bits per heavy atom. The average molecular weight is 251 g/mol. The van der Waals surface area contributed by atoms with Crippen molar-refractivity contribution in [3.05, 3.63) is 18.3 Å². The van der Waals surface area contributed by atoms with Gasteiger partial charge in [0, 0.05) is 18.2 Å². The molecule has 0 saturated heterocycles. The molecule has 3 N–H and O–H groups in total. The van der Waals surface area contributed by atoms with Crippen molar-refractivity contribution in [1.82, 2.24) is 4.98 Å². The van der Waals surface area contributed by atoms with E-state index in [1.165, 1.54) is 0 Å². The van der Waals surface area contributed by atoms with E-state index in [9.17, 15) is 4.79 Å². The number of anilines is 1. The lowest BCUT2D eigenvalue weighted by atomic mass is 10.0. The van der Waals surface area contributed by atoms with Crippen molar-refractivity contribution in [3.8, 4) is 5.88 Å². The zero-order chi connectivity index (χ0) is 13.8. The van der Waals surface area contributed by atoms with Gasteiger partial charge in [0.15, 0.2) is 0 Å². The lowest BCUT2D eigenvalue weighted by Crippen LogP contribution is -2.36. The standard InChI is InChI=1S/C13H21N3O2/c1-9(2)18-12-10(6-5-7-15-12)16-11(17)8-13(3,4)14/h5-7,9H,8,14H2,1-4H3,(H,16,17). The Morgan fingerprint density at radius 3 is 2.78 bits per heavy atom. The predicted molar refractivity (Wildman–Crippen MR) is 71.5 cm³/mol. The molecule has 0 saturated carbocycles. The van der Waals surface area contributed by atoms with Crippen molar-refractivity contribution in [2.75, 3.05) is 5.32 Å². The van der Waals surface area contributed by atoms with Crippen LogP contribution >= 0.6 is 0 Å². The highest BCUT2D eigenvalue weighted by atomic mass is 16.5. The first-order chi connectivity index (χ1) is 8.28. The van der Waals surface area contributed by atoms with Crippen molar-refractivity contribution in [2.24, 2.45) is 5.73 Å². The van der Waals surface area contributed by atoms with E-state index in [-0.39, 0.29) is 18.4 Å². The molecule has 0 fully saturated rings. The molecule has 0 bridgehead atoms. The summed E-state index contributed by atoms with van der Waals surface area (Å²) in [7, 11) is 0. The summed E-state index contributed by atoms with van der Waals surface area (Å²) in [6.45, 7) is 7.43. The van der Waals surface area contributed by atoms with Crippen molar-refractivity contribution >= 4 is 11.6 Å². The number of hydrogen-bond donors (Lipinski definition) is 2. The summed E-state index contributed by atoms with van der Waals surface area (Å²) < 4.78 is 5.52. The summed E-state index contributed by atoms with van der Waals surface area (Å²) in [4.78, 5) is 15.9. The topological polar surface area (TPSA) is 77.2 Å². The van der Waals surface area contributed by atoms with E-state index < -0.39 is 5.54 Å². The number of nitrogens with one attached hydrogen (secondary N) is 1. The summed E-state index contributed by atoms with van der Waals surface area (Å²) in [5.74, 6) is 0.278. The first kappa shape index (κ1) is 14.4. The largest absolute Gasteiger partial charge is 0.473 e. The number of amides is 1. The maximum absolute atomic E-state index is 11.8. The molecule has 18 heavy (non-hydrogen) atoms. The van der Waals surface area contributed by atoms with Gasteiger partial charge in [-0.15, -0.1) is 0 Å². The van der Waals surface area contributed by atoms with Gasteiger partial charge in [0.05, 0.1) is 6.10 Å². The highest BCUT2D eigenvalue weighted by Gasteiger charge is 2.18. The fourth-order valence-corrected chi connectivity index (χ4v) is 1.41. The quantitative estimate of drug-likeness (QED) is 0.838. The van der Waals surface area contributed by atoms with Crippen molar-refractivity contribution < 1.29 is 9.53 Å². The zero-order valence-corrected chi connectivity index (χ0v) is 11.4. The van der Waals surface area contributed by atoms with E-state index in [4.69, 9.17) is 10.5 Å². The molecule has 1 heterocycles. The second kappa shape index (κ2) is 5.82. The van der Waals surface area contributed by atoms with Crippen LogP contribution in [0.1, 0.15) is 34.1 Å². The molecule has 0 radical (unpaired) electrons. The van der Waals surface area contributed by atoms with Gasteiger partial charge in [-0.3, -0.25) is 4.79 Å². The summed E-state index contributed by atoms with van der Waals surface area (Å²) in [5.41, 5.74) is 5.83. The normalized spacial score (nSPS) is 11.4. The fraction of sp³-hybridized carbons (Fsp3) is 0.538. The lowest BCUT2D eigenvalue weighted by molar-refractivity contribution is -0.117. The van der Waals surface area contributed by atoms with E-state index >= 15 is 0 Å². The molecule has 0 aliphatic carbocycles. The number of nitrogens with zero attached hydrogens (tertiary/aromatic N) is 1. The van der Waals surface area contributed by atoms with Gasteiger partial charge < -0.3 is 15.8 Å². The summed E-state index contributed by atoms with van der Waals surface area (Å²) in [6.07, 6.45) is 1.87. The average Bonchev–Trinajstić information content (AvgIpc) is 2.17. The molecule has 1 rings (SSSR count). The van der Waals surface area contributed by atoms with E-state index in [1.54, 1.807) is 32.2 Å². The van der Waals surface area contributed by atoms with Crippen LogP contribution in [0.15, 0.2) is 18.3 Å². The van der Waals surface area contributed by atoms with Gasteiger partial charge in [-0.25, -0.2) is 4.98 Å². The number of aromatic nitrogens is 1. The Balaban J connectivity index is 2.75. The van der Waals surface area contributed by atoms with Gasteiger partial charge >= 0.3 is 0 Å². The Labute approximate surface area is 108 Å². The van der Waals surface area contributed by atoms with Crippen LogP contribution in [0.2, 0.25) is 0 Å². The number of hydrogen-bond acceptors (Lipinski definition) is 4. The molecule has 0 aliphatic heterocycles. The molecular weight excluding hydrogens is 230 g/mol. The Morgan fingerprint density at radius 2 is 2.22 bits per heavy atom. The first-order valence-corrected chi connectivity index (χ1v) is 5.98. The monoisotopic (exact) mass is 251 g/mol. The second-order valence-electron chi connectivity index (χ2n) is 5.24. The lowest BCUT2D eigenvalue weighted by Gasteiger charge is -2.18. The van der Waals surface area contributed by atoms with E-state index in [2.05, 4.69) is 10.3 Å². The molecule has 0 atom stereocenters. The van der Waals surface area contributed by atoms with E-state index in [0.29, 0.717) is 11.6 Å². The van der Waals surface area contributed by atoms with Gasteiger partial charge in [0.1, 0.15) is 5.69 Å². The first-order valence-electron chi connectivity index (χ1n) is 5.98. The van der Waals surface area contributed by atoms with Crippen LogP contribution in [-0.4, -0.2) is 22.5 Å². The van der Waals surface area contributed by atoms with Crippen molar-refractivity contribution in [3.63, 3.8) is 0 Å². The van der Waals surface area contributed by atoms with Gasteiger partial charge in [-0.2, -0.15) is 0 Å². The SMILES string of the molecule is CC(C)Oc1ncccc1NC(=O)CC(C)(C)N. The number of pyridine rings is 1. The molecule has 5 heteroatoms. The van der Waals surface area contributed by atoms with Crippen molar-refractivity contribution in [2.45, 2.75) is 45.8 Å². The smallest absolute Gasteiger partial charge is 0.238 e. The minimum atomic E-state index is -0.536. The minimum Gasteiger partial charge on any atom is -0.473 e. The third-order valence-electron chi connectivity index (χ3n) is 2.01. The highest BCUT2D eigenvalue weighted by Crippen LogP contribution is 2.22. The fourth-order valence-electron chi connectivity index (χ4n) is 1.41. The molecule has 100 valence electrons. The van der Waals surface area contributed by atoms with Crippen LogP contribution in [0.5, 0.6) is 5.88 Å². The van der Waals surface area contributed by atoms with Crippen LogP contribution in [-0.2, 0) is 4.79 Å². The maximum atomic E-state index is 11.8. The number of carbonyl (C=O) groups excluding carboxylic acids is 1.